The van der Waals surface area contributed by atoms with Gasteiger partial charge in [-0.1, -0.05) is 27.7 Å². The lowest BCUT2D eigenvalue weighted by molar-refractivity contribution is -0.760. The van der Waals surface area contributed by atoms with E-state index in [1.807, 2.05) is 13.8 Å². The van der Waals surface area contributed by atoms with Crippen molar-refractivity contribution < 1.29 is 19.5 Å². The Labute approximate surface area is 101 Å². The van der Waals surface area contributed by atoms with E-state index in [1.54, 1.807) is 13.8 Å². The van der Waals surface area contributed by atoms with Gasteiger partial charge >= 0.3 is 5.97 Å². The zero-order chi connectivity index (χ0) is 13.5. The van der Waals surface area contributed by atoms with Crippen LogP contribution >= 0.6 is 0 Å². The Hall–Kier alpha value is -1.33. The SMILES string of the molecule is CC(C)CCC(=O)OCC(C)(C)CO[N+](=O)[O-]. The maximum absolute atomic E-state index is 11.3. The minimum Gasteiger partial charge on any atom is -0.465 e. The van der Waals surface area contributed by atoms with Crippen LogP contribution in [0.25, 0.3) is 0 Å². The summed E-state index contributed by atoms with van der Waals surface area (Å²) in [5, 5.41) is 9.19. The third-order valence-corrected chi connectivity index (χ3v) is 2.11. The largest absolute Gasteiger partial charge is 0.465 e. The van der Waals surface area contributed by atoms with Gasteiger partial charge < -0.3 is 9.57 Å². The third kappa shape index (κ3) is 9.59. The van der Waals surface area contributed by atoms with Gasteiger partial charge in [-0.3, -0.25) is 4.79 Å². The van der Waals surface area contributed by atoms with Crippen LogP contribution in [0.15, 0.2) is 0 Å². The molecule has 0 spiro atoms. The zero-order valence-electron chi connectivity index (χ0n) is 10.9. The topological polar surface area (TPSA) is 78.7 Å². The van der Waals surface area contributed by atoms with Crippen LogP contribution < -0.4 is 0 Å². The molecule has 0 N–H and O–H groups in total. The molecule has 0 aromatic rings. The summed E-state index contributed by atoms with van der Waals surface area (Å²) in [7, 11) is 0. The summed E-state index contributed by atoms with van der Waals surface area (Å²) in [5.74, 6) is 0.182. The van der Waals surface area contributed by atoms with Gasteiger partial charge in [0.15, 0.2) is 0 Å². The molecule has 0 saturated heterocycles. The Morgan fingerprint density at radius 3 is 2.41 bits per heavy atom. The normalized spacial score (nSPS) is 11.4. The highest BCUT2D eigenvalue weighted by atomic mass is 16.9. The van der Waals surface area contributed by atoms with E-state index in [0.29, 0.717) is 12.3 Å². The van der Waals surface area contributed by atoms with Crippen molar-refractivity contribution in [3.8, 4) is 0 Å². The summed E-state index contributed by atoms with van der Waals surface area (Å²) in [5.41, 5.74) is -0.555. The number of hydrogen-bond acceptors (Lipinski definition) is 5. The van der Waals surface area contributed by atoms with Gasteiger partial charge in [0.1, 0.15) is 6.61 Å². The van der Waals surface area contributed by atoms with Crippen molar-refractivity contribution in [2.24, 2.45) is 11.3 Å². The van der Waals surface area contributed by atoms with E-state index in [0.717, 1.165) is 6.42 Å². The fraction of sp³-hybridized carbons (Fsp3) is 0.909. The van der Waals surface area contributed by atoms with Gasteiger partial charge in [-0.05, 0) is 12.3 Å². The number of hydrogen-bond donors (Lipinski definition) is 0. The number of ether oxygens (including phenoxy) is 1. The van der Waals surface area contributed by atoms with Gasteiger partial charge in [0, 0.05) is 11.8 Å². The average molecular weight is 247 g/mol. The van der Waals surface area contributed by atoms with Gasteiger partial charge in [-0.25, -0.2) is 0 Å². The van der Waals surface area contributed by atoms with Crippen LogP contribution in [0.5, 0.6) is 0 Å². The second-order valence-corrected chi connectivity index (χ2v) is 5.25. The summed E-state index contributed by atoms with van der Waals surface area (Å²) in [6.07, 6.45) is 1.16. The van der Waals surface area contributed by atoms with Crippen LogP contribution in [0, 0.1) is 21.4 Å². The third-order valence-electron chi connectivity index (χ3n) is 2.11. The smallest absolute Gasteiger partial charge is 0.305 e. The zero-order valence-corrected chi connectivity index (χ0v) is 10.9. The number of nitrogens with zero attached hydrogens (tertiary/aromatic N) is 1. The van der Waals surface area contributed by atoms with Crippen molar-refractivity contribution in [3.05, 3.63) is 10.1 Å². The number of carbonyl (C=O) groups is 1. The molecule has 0 aliphatic carbocycles. The van der Waals surface area contributed by atoms with E-state index in [-0.39, 0.29) is 19.2 Å². The van der Waals surface area contributed by atoms with Crippen LogP contribution in [0.1, 0.15) is 40.5 Å². The van der Waals surface area contributed by atoms with E-state index < -0.39 is 10.5 Å². The molecule has 0 aromatic carbocycles. The first kappa shape index (κ1) is 15.7. The lowest BCUT2D eigenvalue weighted by Crippen LogP contribution is -2.28. The molecule has 0 amide bonds. The van der Waals surface area contributed by atoms with Gasteiger partial charge in [0.2, 0.25) is 0 Å². The summed E-state index contributed by atoms with van der Waals surface area (Å²) >= 11 is 0. The molecule has 0 heterocycles. The van der Waals surface area contributed by atoms with E-state index in [2.05, 4.69) is 4.84 Å². The molecule has 0 bridgehead atoms. The quantitative estimate of drug-likeness (QED) is 0.373. The maximum atomic E-state index is 11.3. The van der Waals surface area contributed by atoms with Gasteiger partial charge in [0.25, 0.3) is 5.09 Å². The first-order valence-corrected chi connectivity index (χ1v) is 5.66. The molecule has 0 atom stereocenters. The molecule has 17 heavy (non-hydrogen) atoms. The second-order valence-electron chi connectivity index (χ2n) is 5.25. The monoisotopic (exact) mass is 247 g/mol. The maximum Gasteiger partial charge on any atom is 0.305 e. The first-order valence-electron chi connectivity index (χ1n) is 5.66. The van der Waals surface area contributed by atoms with Crippen LogP contribution in [0.4, 0.5) is 0 Å². The molecule has 6 nitrogen and oxygen atoms in total. The van der Waals surface area contributed by atoms with E-state index in [9.17, 15) is 14.9 Å². The second kappa shape index (κ2) is 7.09. The lowest BCUT2D eigenvalue weighted by atomic mass is 9.96. The Balaban J connectivity index is 3.84. The van der Waals surface area contributed by atoms with Crippen molar-refractivity contribution in [2.75, 3.05) is 13.2 Å². The molecule has 0 saturated carbocycles. The molecule has 0 rings (SSSR count). The molecular formula is C11H21NO5. The molecule has 0 radical (unpaired) electrons. The highest BCUT2D eigenvalue weighted by Gasteiger charge is 2.22. The summed E-state index contributed by atoms with van der Waals surface area (Å²) in [6, 6.07) is 0. The Morgan fingerprint density at radius 1 is 1.35 bits per heavy atom. The lowest BCUT2D eigenvalue weighted by Gasteiger charge is -2.22. The summed E-state index contributed by atoms with van der Waals surface area (Å²) in [4.78, 5) is 25.6. The summed E-state index contributed by atoms with van der Waals surface area (Å²) in [6.45, 7) is 7.58. The molecular weight excluding hydrogens is 226 g/mol. The predicted molar refractivity (Wildman–Crippen MR) is 61.8 cm³/mol. The van der Waals surface area contributed by atoms with Crippen LogP contribution in [-0.4, -0.2) is 24.3 Å². The van der Waals surface area contributed by atoms with Crippen molar-refractivity contribution in [1.29, 1.82) is 0 Å². The van der Waals surface area contributed by atoms with Crippen molar-refractivity contribution in [1.82, 2.24) is 0 Å². The van der Waals surface area contributed by atoms with Crippen LogP contribution in [-0.2, 0) is 14.4 Å². The molecule has 0 unspecified atom stereocenters. The van der Waals surface area contributed by atoms with E-state index in [1.165, 1.54) is 0 Å². The summed E-state index contributed by atoms with van der Waals surface area (Å²) < 4.78 is 5.05. The van der Waals surface area contributed by atoms with Crippen molar-refractivity contribution in [3.63, 3.8) is 0 Å². The minimum atomic E-state index is -0.845. The first-order chi connectivity index (χ1) is 7.73. The number of esters is 1. The minimum absolute atomic E-state index is 0.0859. The predicted octanol–water partition coefficient (Wildman–Crippen LogP) is 2.20. The molecule has 0 aliphatic rings. The molecule has 0 fully saturated rings. The van der Waals surface area contributed by atoms with E-state index in [4.69, 9.17) is 4.74 Å². The standard InChI is InChI=1S/C11H21NO5/c1-9(2)5-6-10(13)16-7-11(3,4)8-17-12(14)15/h9H,5-8H2,1-4H3. The van der Waals surface area contributed by atoms with Gasteiger partial charge in [-0.2, -0.15) is 0 Å². The molecule has 100 valence electrons. The molecule has 0 aromatic heterocycles. The fourth-order valence-corrected chi connectivity index (χ4v) is 1.02. The van der Waals surface area contributed by atoms with Gasteiger partial charge in [0.05, 0.1) is 6.61 Å². The average Bonchev–Trinajstić information content (AvgIpc) is 2.21. The van der Waals surface area contributed by atoms with Crippen LogP contribution in [0.3, 0.4) is 0 Å². The molecule has 0 aliphatic heterocycles. The van der Waals surface area contributed by atoms with Crippen molar-refractivity contribution in [2.45, 2.75) is 40.5 Å². The number of carbonyl (C=O) groups excluding carboxylic acids is 1. The molecule has 6 heteroatoms. The number of rotatable bonds is 8. The van der Waals surface area contributed by atoms with Gasteiger partial charge in [-0.15, -0.1) is 10.1 Å². The van der Waals surface area contributed by atoms with Crippen LogP contribution in [0.2, 0.25) is 0 Å². The Bertz CT molecular complexity index is 263. The highest BCUT2D eigenvalue weighted by molar-refractivity contribution is 5.69. The Morgan fingerprint density at radius 2 is 1.94 bits per heavy atom. The Kier molecular flexibility index (Phi) is 6.53. The van der Waals surface area contributed by atoms with E-state index >= 15 is 0 Å². The van der Waals surface area contributed by atoms with Crippen molar-refractivity contribution >= 4 is 5.97 Å². The highest BCUT2D eigenvalue weighted by Crippen LogP contribution is 2.16. The fourth-order valence-electron chi connectivity index (χ4n) is 1.02.